The lowest BCUT2D eigenvalue weighted by Gasteiger charge is -2.12. The molecule has 0 aromatic carbocycles. The quantitative estimate of drug-likeness (QED) is 0.432. The average molecular weight is 191 g/mol. The maximum absolute atomic E-state index is 10.0. The summed E-state index contributed by atoms with van der Waals surface area (Å²) in [7, 11) is 0. The highest BCUT2D eigenvalue weighted by Gasteiger charge is 2.48. The first-order chi connectivity index (χ1) is 6.18. The van der Waals surface area contributed by atoms with Crippen molar-refractivity contribution in [2.45, 2.75) is 24.4 Å². The number of hydrogen-bond acceptors (Lipinski definition) is 6. The van der Waals surface area contributed by atoms with Crippen LogP contribution in [0.25, 0.3) is 0 Å². The first-order valence-electron chi connectivity index (χ1n) is 3.91. The fraction of sp³-hybridized carbons (Fsp3) is 1.00. The molecule has 0 unspecified atom stereocenters. The summed E-state index contributed by atoms with van der Waals surface area (Å²) in [6.45, 7) is 0.236. The molecule has 2 aliphatic rings. The number of nitrogens with zero attached hydrogens (tertiary/aromatic N) is 1. The molecule has 7 nitrogen and oxygen atoms in total. The largest absolute Gasteiger partial charge is 0.388 e. The summed E-state index contributed by atoms with van der Waals surface area (Å²) in [6, 6.07) is 0. The zero-order valence-corrected chi connectivity index (χ0v) is 6.66. The van der Waals surface area contributed by atoms with Crippen molar-refractivity contribution < 1.29 is 24.5 Å². The number of ether oxygens (including phenoxy) is 2. The Bertz CT molecular complexity index is 221. The molecule has 0 bridgehead atoms. The lowest BCUT2D eigenvalue weighted by Crippen LogP contribution is -2.33. The molecule has 0 amide bonds. The molecule has 2 aliphatic heterocycles. The molecule has 2 fully saturated rings. The molecule has 0 aromatic rings. The Hall–Kier alpha value is -0.920. The van der Waals surface area contributed by atoms with Crippen molar-refractivity contribution in [3.63, 3.8) is 0 Å². The van der Waals surface area contributed by atoms with E-state index < -0.39 is 29.5 Å². The Morgan fingerprint density at radius 3 is 2.77 bits per heavy atom. The van der Waals surface area contributed by atoms with Crippen molar-refractivity contribution in [1.29, 1.82) is 0 Å². The summed E-state index contributed by atoms with van der Waals surface area (Å²) in [4.78, 5) is 14.4. The summed E-state index contributed by atoms with van der Waals surface area (Å²) in [6.07, 6.45) is -2.41. The van der Waals surface area contributed by atoms with Crippen molar-refractivity contribution in [2.24, 2.45) is 0 Å². The monoisotopic (exact) mass is 191 g/mol. The normalized spacial score (nSPS) is 43.2. The molecule has 0 aromatic heterocycles. The topological polar surface area (TPSA) is 91.1 Å². The van der Waals surface area contributed by atoms with Gasteiger partial charge in [-0.15, -0.1) is 10.1 Å². The second-order valence-corrected chi connectivity index (χ2v) is 3.03. The SMILES string of the molecule is O=[N+]([O-])O[C@@H]1CO[C@H]2[C@H]1OC[C@@H]2O. The van der Waals surface area contributed by atoms with Gasteiger partial charge in [-0.2, -0.15) is 0 Å². The highest BCUT2D eigenvalue weighted by Crippen LogP contribution is 2.28. The van der Waals surface area contributed by atoms with Gasteiger partial charge in [0.25, 0.3) is 5.09 Å². The highest BCUT2D eigenvalue weighted by molar-refractivity contribution is 4.94. The maximum Gasteiger partial charge on any atom is 0.294 e. The molecule has 0 spiro atoms. The van der Waals surface area contributed by atoms with E-state index in [0.717, 1.165) is 0 Å². The van der Waals surface area contributed by atoms with E-state index in [9.17, 15) is 15.2 Å². The number of fused-ring (bicyclic) bond motifs is 1. The number of aliphatic hydroxyl groups excluding tert-OH is 1. The Morgan fingerprint density at radius 2 is 2.08 bits per heavy atom. The Labute approximate surface area is 73.3 Å². The minimum Gasteiger partial charge on any atom is -0.388 e. The number of aliphatic hydroxyl groups is 1. The zero-order chi connectivity index (χ0) is 9.42. The molecule has 13 heavy (non-hydrogen) atoms. The second-order valence-electron chi connectivity index (χ2n) is 3.03. The smallest absolute Gasteiger partial charge is 0.294 e. The van der Waals surface area contributed by atoms with Crippen molar-refractivity contribution in [2.75, 3.05) is 13.2 Å². The van der Waals surface area contributed by atoms with Crippen LogP contribution in [0.3, 0.4) is 0 Å². The predicted molar refractivity (Wildman–Crippen MR) is 37.4 cm³/mol. The third-order valence-corrected chi connectivity index (χ3v) is 2.20. The molecule has 2 saturated heterocycles. The Balaban J connectivity index is 1.98. The molecular formula is C6H9NO6. The summed E-state index contributed by atoms with van der Waals surface area (Å²) >= 11 is 0. The van der Waals surface area contributed by atoms with Crippen molar-refractivity contribution in [1.82, 2.24) is 0 Å². The fourth-order valence-corrected chi connectivity index (χ4v) is 1.64. The van der Waals surface area contributed by atoms with Crippen molar-refractivity contribution >= 4 is 0 Å². The summed E-state index contributed by atoms with van der Waals surface area (Å²) in [5.74, 6) is 0. The molecule has 74 valence electrons. The van der Waals surface area contributed by atoms with Crippen LogP contribution in [-0.4, -0.2) is 47.8 Å². The van der Waals surface area contributed by atoms with Gasteiger partial charge in [0, 0.05) is 0 Å². The van der Waals surface area contributed by atoms with Crippen LogP contribution in [0.1, 0.15) is 0 Å². The molecule has 1 N–H and O–H groups in total. The first-order valence-corrected chi connectivity index (χ1v) is 3.91. The predicted octanol–water partition coefficient (Wildman–Crippen LogP) is -1.28. The van der Waals surface area contributed by atoms with Crippen LogP contribution in [0.2, 0.25) is 0 Å². The summed E-state index contributed by atoms with van der Waals surface area (Å²) in [5, 5.41) is 18.4. The first kappa shape index (κ1) is 8.67. The molecule has 4 atom stereocenters. The minimum absolute atomic E-state index is 0.0906. The number of hydrogen-bond donors (Lipinski definition) is 1. The van der Waals surface area contributed by atoms with Gasteiger partial charge in [0.15, 0.2) is 6.10 Å². The van der Waals surface area contributed by atoms with Gasteiger partial charge in [-0.25, -0.2) is 0 Å². The van der Waals surface area contributed by atoms with Gasteiger partial charge >= 0.3 is 0 Å². The van der Waals surface area contributed by atoms with E-state index in [-0.39, 0.29) is 13.2 Å². The third-order valence-electron chi connectivity index (χ3n) is 2.20. The van der Waals surface area contributed by atoms with Crippen LogP contribution in [-0.2, 0) is 14.3 Å². The van der Waals surface area contributed by atoms with Crippen molar-refractivity contribution in [3.8, 4) is 0 Å². The van der Waals surface area contributed by atoms with E-state index in [2.05, 4.69) is 4.84 Å². The van der Waals surface area contributed by atoms with Gasteiger partial charge in [-0.05, 0) is 0 Å². The van der Waals surface area contributed by atoms with Crippen molar-refractivity contribution in [3.05, 3.63) is 10.1 Å². The van der Waals surface area contributed by atoms with E-state index in [1.165, 1.54) is 0 Å². The summed E-state index contributed by atoms with van der Waals surface area (Å²) in [5.41, 5.74) is 0. The van der Waals surface area contributed by atoms with E-state index in [1.54, 1.807) is 0 Å². The van der Waals surface area contributed by atoms with Gasteiger partial charge in [0.2, 0.25) is 0 Å². The van der Waals surface area contributed by atoms with Crippen LogP contribution in [0, 0.1) is 10.1 Å². The zero-order valence-electron chi connectivity index (χ0n) is 6.66. The van der Waals surface area contributed by atoms with Crippen LogP contribution in [0.4, 0.5) is 0 Å². The lowest BCUT2D eigenvalue weighted by molar-refractivity contribution is -0.769. The number of rotatable bonds is 2. The molecule has 7 heteroatoms. The Morgan fingerprint density at radius 1 is 1.38 bits per heavy atom. The van der Waals surface area contributed by atoms with E-state index >= 15 is 0 Å². The van der Waals surface area contributed by atoms with Gasteiger partial charge < -0.3 is 19.4 Å². The van der Waals surface area contributed by atoms with Gasteiger partial charge in [-0.3, -0.25) is 0 Å². The van der Waals surface area contributed by atoms with E-state index in [4.69, 9.17) is 9.47 Å². The lowest BCUT2D eigenvalue weighted by atomic mass is 10.1. The molecule has 0 saturated carbocycles. The summed E-state index contributed by atoms with van der Waals surface area (Å²) < 4.78 is 10.2. The molecular weight excluding hydrogens is 182 g/mol. The minimum atomic E-state index is -0.871. The average Bonchev–Trinajstić information content (AvgIpc) is 2.56. The second kappa shape index (κ2) is 3.09. The van der Waals surface area contributed by atoms with Crippen LogP contribution >= 0.6 is 0 Å². The van der Waals surface area contributed by atoms with Gasteiger partial charge in [-0.1, -0.05) is 0 Å². The molecule has 0 aliphatic carbocycles. The standard InChI is InChI=1S/C6H9NO6/c8-3-1-11-6-4(13-7(9)10)2-12-5(3)6/h3-6,8H,1-2H2/t3-,4+,5+,6-/m0/s1. The van der Waals surface area contributed by atoms with E-state index in [1.807, 2.05) is 0 Å². The fourth-order valence-electron chi connectivity index (χ4n) is 1.64. The third kappa shape index (κ3) is 1.45. The van der Waals surface area contributed by atoms with Crippen LogP contribution < -0.4 is 0 Å². The molecule has 0 radical (unpaired) electrons. The van der Waals surface area contributed by atoms with E-state index in [0.29, 0.717) is 0 Å². The van der Waals surface area contributed by atoms with Gasteiger partial charge in [0.05, 0.1) is 13.2 Å². The molecule has 2 heterocycles. The Kier molecular flexibility index (Phi) is 2.06. The maximum atomic E-state index is 10.0. The van der Waals surface area contributed by atoms with Crippen LogP contribution in [0.15, 0.2) is 0 Å². The van der Waals surface area contributed by atoms with Crippen LogP contribution in [0.5, 0.6) is 0 Å². The highest BCUT2D eigenvalue weighted by atomic mass is 17.0. The molecule has 2 rings (SSSR count). The van der Waals surface area contributed by atoms with Gasteiger partial charge in [0.1, 0.15) is 18.3 Å².